The lowest BCUT2D eigenvalue weighted by Crippen LogP contribution is -2.48. The van der Waals surface area contributed by atoms with Crippen LogP contribution in [-0.2, 0) is 16.0 Å². The predicted molar refractivity (Wildman–Crippen MR) is 120 cm³/mol. The number of rotatable bonds is 5. The zero-order valence-electron chi connectivity index (χ0n) is 17.9. The average Bonchev–Trinajstić information content (AvgIpc) is 3.30. The first-order chi connectivity index (χ1) is 15.6. The molecular formula is C24H25ClN4O3. The molecule has 0 N–H and O–H groups in total. The van der Waals surface area contributed by atoms with Crippen molar-refractivity contribution in [3.8, 4) is 0 Å². The van der Waals surface area contributed by atoms with E-state index in [1.165, 1.54) is 0 Å². The normalized spacial score (nSPS) is 22.8. The van der Waals surface area contributed by atoms with Crippen molar-refractivity contribution in [2.24, 2.45) is 0 Å². The van der Waals surface area contributed by atoms with Gasteiger partial charge in [0, 0.05) is 30.9 Å². The van der Waals surface area contributed by atoms with E-state index in [-0.39, 0.29) is 24.2 Å². The number of likely N-dealkylation sites (tertiary alicyclic amines) is 1. The fourth-order valence-corrected chi connectivity index (χ4v) is 4.69. The number of fused-ring (bicyclic) bond motifs is 3. The van der Waals surface area contributed by atoms with Crippen LogP contribution >= 0.6 is 11.6 Å². The van der Waals surface area contributed by atoms with Gasteiger partial charge in [-0.15, -0.1) is 0 Å². The molecule has 4 heterocycles. The minimum absolute atomic E-state index is 0.0816. The molecule has 3 aromatic rings. The Bertz CT molecular complexity index is 1100. The van der Waals surface area contributed by atoms with E-state index in [4.69, 9.17) is 21.1 Å². The summed E-state index contributed by atoms with van der Waals surface area (Å²) in [4.78, 5) is 18.9. The molecular weight excluding hydrogens is 428 g/mol. The van der Waals surface area contributed by atoms with Gasteiger partial charge in [-0.2, -0.15) is 5.10 Å². The van der Waals surface area contributed by atoms with Crippen LogP contribution in [0.25, 0.3) is 0 Å². The molecule has 3 atom stereocenters. The van der Waals surface area contributed by atoms with Gasteiger partial charge in [0.15, 0.2) is 0 Å². The molecule has 8 heteroatoms. The lowest BCUT2D eigenvalue weighted by Gasteiger charge is -2.44. The minimum atomic E-state index is -0.386. The standard InChI is InChI=1S/C24H25ClN4O3/c1-2-31-24(30)19-5-3-4-18(27-19)14-28-13-11-22-21(15-28)29-20(10-12-26-29)23(32-22)16-6-8-17(25)9-7-16/h3-10,12,21-23H,2,11,13-15H2,1H3. The molecule has 0 amide bonds. The molecule has 32 heavy (non-hydrogen) atoms. The highest BCUT2D eigenvalue weighted by atomic mass is 35.5. The Hall–Kier alpha value is -2.74. The van der Waals surface area contributed by atoms with Crippen LogP contribution in [0.15, 0.2) is 54.7 Å². The van der Waals surface area contributed by atoms with E-state index in [2.05, 4.69) is 19.7 Å². The lowest BCUT2D eigenvalue weighted by molar-refractivity contribution is -0.0878. The van der Waals surface area contributed by atoms with E-state index in [1.807, 2.05) is 48.7 Å². The molecule has 2 aliphatic rings. The molecule has 5 rings (SSSR count). The molecule has 166 valence electrons. The van der Waals surface area contributed by atoms with Gasteiger partial charge in [0.05, 0.1) is 30.1 Å². The number of carbonyl (C=O) groups excluding carboxylic acids is 1. The van der Waals surface area contributed by atoms with Gasteiger partial charge >= 0.3 is 5.97 Å². The zero-order chi connectivity index (χ0) is 22.1. The second kappa shape index (κ2) is 9.02. The molecule has 0 saturated carbocycles. The number of hydrogen-bond donors (Lipinski definition) is 0. The van der Waals surface area contributed by atoms with E-state index < -0.39 is 0 Å². The minimum Gasteiger partial charge on any atom is -0.461 e. The van der Waals surface area contributed by atoms with Crippen LogP contribution < -0.4 is 0 Å². The van der Waals surface area contributed by atoms with Gasteiger partial charge in [-0.25, -0.2) is 9.78 Å². The number of esters is 1. The maximum Gasteiger partial charge on any atom is 0.356 e. The Labute approximate surface area is 191 Å². The quantitative estimate of drug-likeness (QED) is 0.544. The summed E-state index contributed by atoms with van der Waals surface area (Å²) in [6, 6.07) is 15.5. The maximum absolute atomic E-state index is 12.0. The number of carbonyl (C=O) groups is 1. The van der Waals surface area contributed by atoms with Crippen LogP contribution in [0.1, 0.15) is 52.9 Å². The first kappa shape index (κ1) is 21.1. The Balaban J connectivity index is 1.33. The SMILES string of the molecule is CCOC(=O)c1cccc(CN2CCC3OC(c4ccc(Cl)cc4)c4ccnn4C3C2)n1. The average molecular weight is 453 g/mol. The van der Waals surface area contributed by atoms with Crippen molar-refractivity contribution >= 4 is 17.6 Å². The van der Waals surface area contributed by atoms with Gasteiger partial charge in [-0.1, -0.05) is 29.8 Å². The Morgan fingerprint density at radius 1 is 1.22 bits per heavy atom. The highest BCUT2D eigenvalue weighted by Gasteiger charge is 2.40. The first-order valence-corrected chi connectivity index (χ1v) is 11.3. The third-order valence-electron chi connectivity index (χ3n) is 6.05. The molecule has 0 radical (unpaired) electrons. The molecule has 2 aromatic heterocycles. The van der Waals surface area contributed by atoms with E-state index in [9.17, 15) is 4.79 Å². The van der Waals surface area contributed by atoms with Crippen LogP contribution in [0.2, 0.25) is 5.02 Å². The molecule has 1 fully saturated rings. The molecule has 0 bridgehead atoms. The monoisotopic (exact) mass is 452 g/mol. The van der Waals surface area contributed by atoms with E-state index in [1.54, 1.807) is 13.0 Å². The highest BCUT2D eigenvalue weighted by molar-refractivity contribution is 6.30. The summed E-state index contributed by atoms with van der Waals surface area (Å²) >= 11 is 6.07. The Morgan fingerprint density at radius 2 is 2.06 bits per heavy atom. The number of benzene rings is 1. The summed E-state index contributed by atoms with van der Waals surface area (Å²) in [5.41, 5.74) is 3.33. The number of ether oxygens (including phenoxy) is 2. The van der Waals surface area contributed by atoms with Crippen molar-refractivity contribution in [1.82, 2.24) is 19.7 Å². The van der Waals surface area contributed by atoms with Gasteiger partial charge < -0.3 is 9.47 Å². The molecule has 7 nitrogen and oxygen atoms in total. The fourth-order valence-electron chi connectivity index (χ4n) is 4.57. The lowest BCUT2D eigenvalue weighted by atomic mass is 9.96. The molecule has 0 spiro atoms. The zero-order valence-corrected chi connectivity index (χ0v) is 18.6. The van der Waals surface area contributed by atoms with E-state index in [0.29, 0.717) is 23.9 Å². The molecule has 1 aromatic carbocycles. The Morgan fingerprint density at radius 3 is 2.88 bits per heavy atom. The van der Waals surface area contributed by atoms with Crippen molar-refractivity contribution in [3.05, 3.63) is 82.4 Å². The fraction of sp³-hybridized carbons (Fsp3) is 0.375. The van der Waals surface area contributed by atoms with E-state index in [0.717, 1.165) is 36.5 Å². The third-order valence-corrected chi connectivity index (χ3v) is 6.30. The topological polar surface area (TPSA) is 69.5 Å². The summed E-state index contributed by atoms with van der Waals surface area (Å²) in [7, 11) is 0. The summed E-state index contributed by atoms with van der Waals surface area (Å²) in [6.07, 6.45) is 2.67. The van der Waals surface area contributed by atoms with Gasteiger partial charge in [-0.3, -0.25) is 9.58 Å². The second-order valence-electron chi connectivity index (χ2n) is 8.13. The largest absolute Gasteiger partial charge is 0.461 e. The van der Waals surface area contributed by atoms with Gasteiger partial charge in [-0.05, 0) is 49.2 Å². The van der Waals surface area contributed by atoms with Gasteiger partial charge in [0.1, 0.15) is 11.8 Å². The van der Waals surface area contributed by atoms with Gasteiger partial charge in [0.25, 0.3) is 0 Å². The van der Waals surface area contributed by atoms with Crippen LogP contribution in [0.4, 0.5) is 0 Å². The number of aromatic nitrogens is 3. The van der Waals surface area contributed by atoms with Crippen molar-refractivity contribution < 1.29 is 14.3 Å². The maximum atomic E-state index is 12.0. The van der Waals surface area contributed by atoms with Crippen LogP contribution in [0.5, 0.6) is 0 Å². The summed E-state index contributed by atoms with van der Waals surface area (Å²) in [5, 5.41) is 5.35. The number of piperidine rings is 1. The number of pyridine rings is 1. The van der Waals surface area contributed by atoms with Crippen LogP contribution in [0.3, 0.4) is 0 Å². The molecule has 2 aliphatic heterocycles. The summed E-state index contributed by atoms with van der Waals surface area (Å²) in [5.74, 6) is -0.386. The highest BCUT2D eigenvalue weighted by Crippen LogP contribution is 2.39. The van der Waals surface area contributed by atoms with Crippen LogP contribution in [0, 0.1) is 0 Å². The predicted octanol–water partition coefficient (Wildman–Crippen LogP) is 4.04. The summed E-state index contributed by atoms with van der Waals surface area (Å²) in [6.45, 7) is 4.48. The molecule has 0 aliphatic carbocycles. The number of halogens is 1. The van der Waals surface area contributed by atoms with Crippen LogP contribution in [-0.4, -0.2) is 51.4 Å². The molecule has 1 saturated heterocycles. The van der Waals surface area contributed by atoms with Crippen molar-refractivity contribution in [1.29, 1.82) is 0 Å². The number of nitrogens with zero attached hydrogens (tertiary/aromatic N) is 4. The second-order valence-corrected chi connectivity index (χ2v) is 8.57. The third kappa shape index (κ3) is 4.16. The smallest absolute Gasteiger partial charge is 0.356 e. The van der Waals surface area contributed by atoms with Gasteiger partial charge in [0.2, 0.25) is 0 Å². The molecule has 3 unspecified atom stereocenters. The Kier molecular flexibility index (Phi) is 5.95. The van der Waals surface area contributed by atoms with E-state index >= 15 is 0 Å². The van der Waals surface area contributed by atoms with Crippen molar-refractivity contribution in [3.63, 3.8) is 0 Å². The van der Waals surface area contributed by atoms with Crippen molar-refractivity contribution in [2.45, 2.75) is 38.1 Å². The number of hydrogen-bond acceptors (Lipinski definition) is 6. The van der Waals surface area contributed by atoms with Crippen molar-refractivity contribution in [2.75, 3.05) is 19.7 Å². The summed E-state index contributed by atoms with van der Waals surface area (Å²) < 4.78 is 13.8. The first-order valence-electron chi connectivity index (χ1n) is 10.9.